The predicted octanol–water partition coefficient (Wildman–Crippen LogP) is 0.476. The third-order valence-electron chi connectivity index (χ3n) is 2.64. The summed E-state index contributed by atoms with van der Waals surface area (Å²) in [6.07, 6.45) is 3.86. The molecule has 0 aliphatic carbocycles. The molecule has 1 aromatic heterocycles. The van der Waals surface area contributed by atoms with Crippen molar-refractivity contribution in [3.63, 3.8) is 0 Å². The van der Waals surface area contributed by atoms with Gasteiger partial charge in [0, 0.05) is 18.3 Å². The van der Waals surface area contributed by atoms with E-state index in [-0.39, 0.29) is 11.6 Å². The van der Waals surface area contributed by atoms with Gasteiger partial charge in [-0.3, -0.25) is 9.36 Å². The second kappa shape index (κ2) is 3.92. The molecular weight excluding hydrogens is 178 g/mol. The van der Waals surface area contributed by atoms with Crippen LogP contribution in [0.25, 0.3) is 0 Å². The fourth-order valence-electron chi connectivity index (χ4n) is 1.85. The molecule has 4 nitrogen and oxygen atoms in total. The summed E-state index contributed by atoms with van der Waals surface area (Å²) in [6, 6.07) is 1.87. The molecule has 0 aromatic carbocycles. The summed E-state index contributed by atoms with van der Waals surface area (Å²) >= 11 is 0. The normalized spacial score (nSPS) is 22.2. The average molecular weight is 193 g/mol. The first-order valence-electron chi connectivity index (χ1n) is 5.03. The van der Waals surface area contributed by atoms with E-state index in [0.717, 1.165) is 31.6 Å². The van der Waals surface area contributed by atoms with E-state index in [4.69, 9.17) is 0 Å². The maximum absolute atomic E-state index is 11.6. The number of rotatable bonds is 1. The monoisotopic (exact) mass is 193 g/mol. The Bertz CT molecular complexity index is 366. The van der Waals surface area contributed by atoms with Crippen LogP contribution in [0, 0.1) is 6.92 Å². The molecule has 4 heteroatoms. The molecule has 1 aromatic rings. The Kier molecular flexibility index (Phi) is 2.63. The minimum atomic E-state index is 0.0613. The highest BCUT2D eigenvalue weighted by atomic mass is 16.1. The van der Waals surface area contributed by atoms with Crippen molar-refractivity contribution in [2.45, 2.75) is 25.8 Å². The van der Waals surface area contributed by atoms with E-state index in [9.17, 15) is 4.79 Å². The zero-order valence-corrected chi connectivity index (χ0v) is 8.36. The van der Waals surface area contributed by atoms with E-state index in [0.29, 0.717) is 0 Å². The average Bonchev–Trinajstić information content (AvgIpc) is 2.19. The number of hydrogen-bond donors (Lipinski definition) is 1. The van der Waals surface area contributed by atoms with E-state index in [1.54, 1.807) is 17.0 Å². The van der Waals surface area contributed by atoms with Crippen LogP contribution in [0.2, 0.25) is 0 Å². The van der Waals surface area contributed by atoms with Gasteiger partial charge in [0.25, 0.3) is 5.56 Å². The highest BCUT2D eigenvalue weighted by molar-refractivity contribution is 4.97. The van der Waals surface area contributed by atoms with Crippen molar-refractivity contribution in [2.24, 2.45) is 0 Å². The lowest BCUT2D eigenvalue weighted by Crippen LogP contribution is -2.36. The maximum atomic E-state index is 11.6. The number of hydrogen-bond acceptors (Lipinski definition) is 3. The fourth-order valence-corrected chi connectivity index (χ4v) is 1.85. The molecule has 0 spiro atoms. The smallest absolute Gasteiger partial charge is 0.253 e. The lowest BCUT2D eigenvalue weighted by atomic mass is 10.1. The molecule has 2 heterocycles. The molecule has 0 bridgehead atoms. The SMILES string of the molecule is Cc1cc(=O)n(C2CCCNC2)cn1. The number of nitrogens with zero attached hydrogens (tertiary/aromatic N) is 2. The van der Waals surface area contributed by atoms with Crippen molar-refractivity contribution in [2.75, 3.05) is 13.1 Å². The Labute approximate surface area is 83.0 Å². The zero-order valence-electron chi connectivity index (χ0n) is 8.36. The largest absolute Gasteiger partial charge is 0.315 e. The Morgan fingerprint density at radius 2 is 2.50 bits per heavy atom. The summed E-state index contributed by atoms with van der Waals surface area (Å²) in [5.41, 5.74) is 0.848. The molecule has 1 saturated heterocycles. The Balaban J connectivity index is 2.26. The molecule has 1 fully saturated rings. The minimum Gasteiger partial charge on any atom is -0.315 e. The molecule has 0 saturated carbocycles. The summed E-state index contributed by atoms with van der Waals surface area (Å²) in [6.45, 7) is 3.78. The molecular formula is C10H15N3O. The highest BCUT2D eigenvalue weighted by Crippen LogP contribution is 2.13. The topological polar surface area (TPSA) is 46.9 Å². The van der Waals surface area contributed by atoms with Crippen LogP contribution in [0.15, 0.2) is 17.2 Å². The first kappa shape index (κ1) is 9.40. The summed E-state index contributed by atoms with van der Waals surface area (Å²) in [5, 5.41) is 3.29. The van der Waals surface area contributed by atoms with Crippen molar-refractivity contribution in [1.82, 2.24) is 14.9 Å². The van der Waals surface area contributed by atoms with Gasteiger partial charge in [0.05, 0.1) is 12.4 Å². The molecule has 1 aliphatic rings. The van der Waals surface area contributed by atoms with Gasteiger partial charge in [0.1, 0.15) is 0 Å². The molecule has 14 heavy (non-hydrogen) atoms. The lowest BCUT2D eigenvalue weighted by Gasteiger charge is -2.24. The van der Waals surface area contributed by atoms with E-state index < -0.39 is 0 Å². The van der Waals surface area contributed by atoms with Crippen LogP contribution in [0.3, 0.4) is 0 Å². The van der Waals surface area contributed by atoms with E-state index in [1.807, 2.05) is 6.92 Å². The molecule has 1 unspecified atom stereocenters. The standard InChI is InChI=1S/C10H15N3O/c1-8-5-10(14)13(7-12-8)9-3-2-4-11-6-9/h5,7,9,11H,2-4,6H2,1H3. The summed E-state index contributed by atoms with van der Waals surface area (Å²) in [7, 11) is 0. The summed E-state index contributed by atoms with van der Waals surface area (Å²) < 4.78 is 1.74. The van der Waals surface area contributed by atoms with Crippen LogP contribution in [-0.4, -0.2) is 22.6 Å². The van der Waals surface area contributed by atoms with Crippen molar-refractivity contribution < 1.29 is 0 Å². The van der Waals surface area contributed by atoms with Crippen molar-refractivity contribution in [3.05, 3.63) is 28.4 Å². The van der Waals surface area contributed by atoms with Crippen LogP contribution in [0.5, 0.6) is 0 Å². The Morgan fingerprint density at radius 1 is 1.64 bits per heavy atom. The van der Waals surface area contributed by atoms with Crippen LogP contribution in [0.1, 0.15) is 24.6 Å². The summed E-state index contributed by atoms with van der Waals surface area (Å²) in [5.74, 6) is 0. The lowest BCUT2D eigenvalue weighted by molar-refractivity contribution is 0.361. The van der Waals surface area contributed by atoms with Gasteiger partial charge in [-0.25, -0.2) is 4.98 Å². The van der Waals surface area contributed by atoms with Crippen LogP contribution < -0.4 is 10.9 Å². The van der Waals surface area contributed by atoms with Gasteiger partial charge >= 0.3 is 0 Å². The Morgan fingerprint density at radius 3 is 3.14 bits per heavy atom. The van der Waals surface area contributed by atoms with Gasteiger partial charge in [-0.2, -0.15) is 0 Å². The first-order valence-corrected chi connectivity index (χ1v) is 5.03. The molecule has 2 rings (SSSR count). The number of aromatic nitrogens is 2. The van der Waals surface area contributed by atoms with Crippen LogP contribution >= 0.6 is 0 Å². The molecule has 1 aliphatic heterocycles. The van der Waals surface area contributed by atoms with E-state index in [1.165, 1.54) is 0 Å². The first-order chi connectivity index (χ1) is 6.77. The number of piperidine rings is 1. The van der Waals surface area contributed by atoms with Gasteiger partial charge in [-0.1, -0.05) is 0 Å². The van der Waals surface area contributed by atoms with E-state index in [2.05, 4.69) is 10.3 Å². The van der Waals surface area contributed by atoms with Gasteiger partial charge < -0.3 is 5.32 Å². The third-order valence-corrected chi connectivity index (χ3v) is 2.64. The van der Waals surface area contributed by atoms with Crippen molar-refractivity contribution >= 4 is 0 Å². The van der Waals surface area contributed by atoms with Gasteiger partial charge in [0.15, 0.2) is 0 Å². The molecule has 0 amide bonds. The van der Waals surface area contributed by atoms with Crippen LogP contribution in [-0.2, 0) is 0 Å². The van der Waals surface area contributed by atoms with Gasteiger partial charge in [-0.15, -0.1) is 0 Å². The highest BCUT2D eigenvalue weighted by Gasteiger charge is 2.15. The Hall–Kier alpha value is -1.16. The minimum absolute atomic E-state index is 0.0613. The van der Waals surface area contributed by atoms with Gasteiger partial charge in [0.2, 0.25) is 0 Å². The van der Waals surface area contributed by atoms with Gasteiger partial charge in [-0.05, 0) is 26.3 Å². The zero-order chi connectivity index (χ0) is 9.97. The number of nitrogens with one attached hydrogen (secondary N) is 1. The third kappa shape index (κ3) is 1.85. The van der Waals surface area contributed by atoms with Crippen LogP contribution in [0.4, 0.5) is 0 Å². The molecule has 76 valence electrons. The maximum Gasteiger partial charge on any atom is 0.253 e. The van der Waals surface area contributed by atoms with E-state index >= 15 is 0 Å². The molecule has 1 N–H and O–H groups in total. The summed E-state index contributed by atoms with van der Waals surface area (Å²) in [4.78, 5) is 15.8. The fraction of sp³-hybridized carbons (Fsp3) is 0.600. The second-order valence-electron chi connectivity index (χ2n) is 3.78. The molecule has 1 atom stereocenters. The second-order valence-corrected chi connectivity index (χ2v) is 3.78. The molecule has 0 radical (unpaired) electrons. The quantitative estimate of drug-likeness (QED) is 0.705. The number of aryl methyl sites for hydroxylation is 1. The predicted molar refractivity (Wildman–Crippen MR) is 54.4 cm³/mol. The van der Waals surface area contributed by atoms with Crippen molar-refractivity contribution in [3.8, 4) is 0 Å². The van der Waals surface area contributed by atoms with Crippen molar-refractivity contribution in [1.29, 1.82) is 0 Å².